The lowest BCUT2D eigenvalue weighted by Crippen LogP contribution is -2.45. The van der Waals surface area contributed by atoms with Crippen molar-refractivity contribution in [2.45, 2.75) is 50.7 Å². The van der Waals surface area contributed by atoms with E-state index in [1.165, 1.54) is 0 Å². The Hall–Kier alpha value is -2.05. The Labute approximate surface area is 159 Å². The molecule has 0 spiro atoms. The molecule has 6 nitrogen and oxygen atoms in total. The molecule has 2 aromatic heterocycles. The summed E-state index contributed by atoms with van der Waals surface area (Å²) in [5.74, 6) is 0.489. The molecule has 0 bridgehead atoms. The Morgan fingerprint density at radius 1 is 1.22 bits per heavy atom. The normalized spacial score (nSPS) is 20.8. The maximum atomic E-state index is 12.5. The first-order valence-corrected chi connectivity index (χ1v) is 10.0. The van der Waals surface area contributed by atoms with E-state index in [2.05, 4.69) is 14.9 Å². The Morgan fingerprint density at radius 3 is 2.67 bits per heavy atom. The van der Waals surface area contributed by atoms with Crippen LogP contribution in [0.5, 0.6) is 0 Å². The van der Waals surface area contributed by atoms with Gasteiger partial charge in [-0.1, -0.05) is 12.8 Å². The van der Waals surface area contributed by atoms with Gasteiger partial charge >= 0.3 is 0 Å². The largest absolute Gasteiger partial charge is 0.389 e. The molecule has 3 heterocycles. The van der Waals surface area contributed by atoms with E-state index in [0.717, 1.165) is 70.3 Å². The van der Waals surface area contributed by atoms with Crippen molar-refractivity contribution in [1.29, 1.82) is 0 Å². The molecule has 1 aliphatic carbocycles. The summed E-state index contributed by atoms with van der Waals surface area (Å²) < 4.78 is 1.73. The molecule has 0 atom stereocenters. The van der Waals surface area contributed by atoms with E-state index in [4.69, 9.17) is 0 Å². The van der Waals surface area contributed by atoms with E-state index in [0.29, 0.717) is 11.6 Å². The Kier molecular flexibility index (Phi) is 5.36. The molecule has 0 aromatic carbocycles. The van der Waals surface area contributed by atoms with Crippen LogP contribution in [0.25, 0.3) is 11.3 Å². The van der Waals surface area contributed by atoms with E-state index in [1.807, 2.05) is 12.1 Å². The highest BCUT2D eigenvalue weighted by Crippen LogP contribution is 2.31. The van der Waals surface area contributed by atoms with Crippen LogP contribution in [0.2, 0.25) is 0 Å². The number of nitrogens with zero attached hydrogens (tertiary/aromatic N) is 4. The molecule has 0 unspecified atom stereocenters. The van der Waals surface area contributed by atoms with E-state index < -0.39 is 5.60 Å². The number of hydrogen-bond acceptors (Lipinski definition) is 5. The number of β-amino-alcohol motifs (C(OH)–C–C–N with tert-alkyl or cyclic N) is 1. The van der Waals surface area contributed by atoms with Crippen molar-refractivity contribution in [2.24, 2.45) is 5.92 Å². The zero-order chi connectivity index (χ0) is 18.7. The molecule has 4 rings (SSSR count). The number of hydrogen-bond donors (Lipinski definition) is 1. The van der Waals surface area contributed by atoms with E-state index in [-0.39, 0.29) is 5.56 Å². The van der Waals surface area contributed by atoms with Gasteiger partial charge in [-0.2, -0.15) is 0 Å². The summed E-state index contributed by atoms with van der Waals surface area (Å²) in [5, 5.41) is 10.6. The van der Waals surface area contributed by atoms with Gasteiger partial charge in [-0.15, -0.1) is 0 Å². The van der Waals surface area contributed by atoms with Crippen molar-refractivity contribution in [3.63, 3.8) is 0 Å². The van der Waals surface area contributed by atoms with Crippen molar-refractivity contribution in [3.05, 3.63) is 47.3 Å². The number of pyridine rings is 1. The van der Waals surface area contributed by atoms with E-state index in [9.17, 15) is 9.90 Å². The summed E-state index contributed by atoms with van der Waals surface area (Å²) in [6.07, 6.45) is 11.4. The molecule has 2 fully saturated rings. The minimum Gasteiger partial charge on any atom is -0.389 e. The first-order chi connectivity index (χ1) is 13.1. The minimum absolute atomic E-state index is 0.00782. The highest BCUT2D eigenvalue weighted by molar-refractivity contribution is 5.56. The van der Waals surface area contributed by atoms with Crippen LogP contribution in [0, 0.1) is 5.92 Å². The maximum Gasteiger partial charge on any atom is 0.253 e. The van der Waals surface area contributed by atoms with Crippen molar-refractivity contribution in [2.75, 3.05) is 19.6 Å². The zero-order valence-corrected chi connectivity index (χ0v) is 15.8. The molecule has 27 heavy (non-hydrogen) atoms. The third kappa shape index (κ3) is 4.45. The molecule has 144 valence electrons. The molecule has 0 radical (unpaired) electrons. The number of likely N-dealkylation sites (tertiary alicyclic amines) is 1. The second-order valence-corrected chi connectivity index (χ2v) is 8.16. The van der Waals surface area contributed by atoms with Crippen LogP contribution < -0.4 is 5.56 Å². The second-order valence-electron chi connectivity index (χ2n) is 8.16. The van der Waals surface area contributed by atoms with Crippen LogP contribution in [0.15, 0.2) is 41.7 Å². The molecular weight excluding hydrogens is 340 g/mol. The number of aliphatic hydroxyl groups is 1. The number of rotatable bonds is 5. The standard InChI is InChI=1S/C21H28N4O2/c26-20-12-19(18-4-3-9-22-13-18)23-16-25(20)14-17-5-10-24(11-6-17)15-21(27)7-1-2-8-21/h3-4,9,12-13,16-17,27H,1-2,5-8,10-11,14-15H2. The third-order valence-electron chi connectivity index (χ3n) is 6.05. The fourth-order valence-electron chi connectivity index (χ4n) is 4.45. The number of piperidine rings is 1. The molecule has 2 aromatic rings. The van der Waals surface area contributed by atoms with Gasteiger partial charge in [0.1, 0.15) is 0 Å². The summed E-state index contributed by atoms with van der Waals surface area (Å²) >= 11 is 0. The van der Waals surface area contributed by atoms with Crippen molar-refractivity contribution >= 4 is 0 Å². The highest BCUT2D eigenvalue weighted by atomic mass is 16.3. The van der Waals surface area contributed by atoms with Crippen LogP contribution >= 0.6 is 0 Å². The van der Waals surface area contributed by atoms with E-state index in [1.54, 1.807) is 29.4 Å². The topological polar surface area (TPSA) is 71.2 Å². The summed E-state index contributed by atoms with van der Waals surface area (Å²) in [5.41, 5.74) is 1.06. The van der Waals surface area contributed by atoms with Gasteiger partial charge < -0.3 is 10.0 Å². The van der Waals surface area contributed by atoms with Crippen molar-refractivity contribution < 1.29 is 5.11 Å². The maximum absolute atomic E-state index is 12.5. The monoisotopic (exact) mass is 368 g/mol. The van der Waals surface area contributed by atoms with Crippen molar-refractivity contribution in [3.8, 4) is 11.3 Å². The Balaban J connectivity index is 1.33. The Morgan fingerprint density at radius 2 is 2.00 bits per heavy atom. The molecule has 1 N–H and O–H groups in total. The Bertz CT molecular complexity index is 806. The van der Waals surface area contributed by atoms with Gasteiger partial charge in [0, 0.05) is 37.1 Å². The van der Waals surface area contributed by atoms with Crippen LogP contribution in [-0.2, 0) is 6.54 Å². The van der Waals surface area contributed by atoms with Gasteiger partial charge in [0.2, 0.25) is 0 Å². The van der Waals surface area contributed by atoms with Gasteiger partial charge in [-0.25, -0.2) is 4.98 Å². The van der Waals surface area contributed by atoms with Gasteiger partial charge in [-0.05, 0) is 56.8 Å². The molecule has 1 saturated heterocycles. The predicted molar refractivity (Wildman–Crippen MR) is 104 cm³/mol. The summed E-state index contributed by atoms with van der Waals surface area (Å²) in [6, 6.07) is 5.35. The fourth-order valence-corrected chi connectivity index (χ4v) is 4.45. The third-order valence-corrected chi connectivity index (χ3v) is 6.05. The van der Waals surface area contributed by atoms with E-state index >= 15 is 0 Å². The SMILES string of the molecule is O=c1cc(-c2cccnc2)ncn1CC1CCN(CC2(O)CCCC2)CC1. The number of aromatic nitrogens is 3. The average Bonchev–Trinajstić information content (AvgIpc) is 3.12. The van der Waals surface area contributed by atoms with Gasteiger partial charge in [0.25, 0.3) is 5.56 Å². The first-order valence-electron chi connectivity index (χ1n) is 10.0. The van der Waals surface area contributed by atoms with Crippen LogP contribution in [0.1, 0.15) is 38.5 Å². The molecule has 0 amide bonds. The van der Waals surface area contributed by atoms with Crippen molar-refractivity contribution in [1.82, 2.24) is 19.4 Å². The first kappa shape index (κ1) is 18.3. The smallest absolute Gasteiger partial charge is 0.253 e. The van der Waals surface area contributed by atoms with Crippen LogP contribution in [0.3, 0.4) is 0 Å². The lowest BCUT2D eigenvalue weighted by atomic mass is 9.94. The lowest BCUT2D eigenvalue weighted by Gasteiger charge is -2.36. The van der Waals surface area contributed by atoms with Crippen LogP contribution in [0.4, 0.5) is 0 Å². The summed E-state index contributed by atoms with van der Waals surface area (Å²) in [4.78, 5) is 23.4. The predicted octanol–water partition coefficient (Wildman–Crippen LogP) is 2.32. The fraction of sp³-hybridized carbons (Fsp3) is 0.571. The quantitative estimate of drug-likeness (QED) is 0.877. The summed E-state index contributed by atoms with van der Waals surface area (Å²) in [6.45, 7) is 3.53. The summed E-state index contributed by atoms with van der Waals surface area (Å²) in [7, 11) is 0. The zero-order valence-electron chi connectivity index (χ0n) is 15.8. The second kappa shape index (κ2) is 7.90. The minimum atomic E-state index is -0.462. The molecule has 6 heteroatoms. The molecular formula is C21H28N4O2. The molecule has 2 aliphatic rings. The van der Waals surface area contributed by atoms with Gasteiger partial charge in [0.05, 0.1) is 17.6 Å². The van der Waals surface area contributed by atoms with Gasteiger partial charge in [0.15, 0.2) is 0 Å². The average molecular weight is 368 g/mol. The highest BCUT2D eigenvalue weighted by Gasteiger charge is 2.34. The molecule has 1 saturated carbocycles. The molecule has 1 aliphatic heterocycles. The van der Waals surface area contributed by atoms with Crippen LogP contribution in [-0.4, -0.2) is 49.8 Å². The lowest BCUT2D eigenvalue weighted by molar-refractivity contribution is -0.000617. The van der Waals surface area contributed by atoms with Gasteiger partial charge in [-0.3, -0.25) is 14.3 Å².